The van der Waals surface area contributed by atoms with Crippen LogP contribution in [-0.4, -0.2) is 40.5 Å². The normalized spacial score (nSPS) is 15.4. The summed E-state index contributed by atoms with van der Waals surface area (Å²) in [5, 5.41) is 0. The minimum absolute atomic E-state index is 0.0481. The standard InChI is InChI=1S/C20H21N3O2/c24-19(14-25-16-6-2-1-3-7-16)23-12-10-15(11-13-23)20-21-17-8-4-5-9-18(17)22-20/h1-9,15H,10-14H2,(H,21,22). The maximum Gasteiger partial charge on any atom is 0.260 e. The number of hydrogen-bond donors (Lipinski definition) is 1. The average molecular weight is 335 g/mol. The van der Waals surface area contributed by atoms with Crippen LogP contribution in [0.1, 0.15) is 24.6 Å². The molecule has 0 bridgehead atoms. The van der Waals surface area contributed by atoms with Crippen molar-refractivity contribution in [2.45, 2.75) is 18.8 Å². The van der Waals surface area contributed by atoms with E-state index in [9.17, 15) is 4.79 Å². The maximum absolute atomic E-state index is 12.3. The number of aromatic amines is 1. The molecule has 2 aromatic carbocycles. The lowest BCUT2D eigenvalue weighted by atomic mass is 9.96. The molecule has 0 saturated carbocycles. The summed E-state index contributed by atoms with van der Waals surface area (Å²) in [5.74, 6) is 2.19. The molecule has 1 saturated heterocycles. The number of ether oxygens (including phenoxy) is 1. The first-order valence-corrected chi connectivity index (χ1v) is 8.70. The highest BCUT2D eigenvalue weighted by atomic mass is 16.5. The number of amides is 1. The van der Waals surface area contributed by atoms with E-state index in [1.807, 2.05) is 59.5 Å². The van der Waals surface area contributed by atoms with Crippen LogP contribution in [0.5, 0.6) is 5.75 Å². The molecule has 4 rings (SSSR count). The molecule has 5 heteroatoms. The maximum atomic E-state index is 12.3. The van der Waals surface area contributed by atoms with Crippen LogP contribution in [0, 0.1) is 0 Å². The molecule has 1 aromatic heterocycles. The number of aromatic nitrogens is 2. The number of hydrogen-bond acceptors (Lipinski definition) is 3. The Morgan fingerprint density at radius 1 is 1.08 bits per heavy atom. The van der Waals surface area contributed by atoms with E-state index in [1.54, 1.807) is 0 Å². The molecule has 1 aliphatic rings. The van der Waals surface area contributed by atoms with Gasteiger partial charge in [-0.25, -0.2) is 4.98 Å². The third-order valence-electron chi connectivity index (χ3n) is 4.75. The number of carbonyl (C=O) groups is 1. The number of nitrogens with one attached hydrogen (secondary N) is 1. The van der Waals surface area contributed by atoms with Crippen LogP contribution in [-0.2, 0) is 4.79 Å². The zero-order chi connectivity index (χ0) is 17.1. The van der Waals surface area contributed by atoms with E-state index in [-0.39, 0.29) is 12.5 Å². The van der Waals surface area contributed by atoms with Gasteiger partial charge in [-0.2, -0.15) is 0 Å². The number of carbonyl (C=O) groups excluding carboxylic acids is 1. The molecule has 3 aromatic rings. The number of nitrogens with zero attached hydrogens (tertiary/aromatic N) is 2. The van der Waals surface area contributed by atoms with Gasteiger partial charge in [0.1, 0.15) is 11.6 Å². The van der Waals surface area contributed by atoms with E-state index in [2.05, 4.69) is 4.98 Å². The number of benzene rings is 2. The van der Waals surface area contributed by atoms with Gasteiger partial charge in [0.05, 0.1) is 11.0 Å². The Morgan fingerprint density at radius 2 is 1.80 bits per heavy atom. The summed E-state index contributed by atoms with van der Waals surface area (Å²) in [6.07, 6.45) is 1.85. The minimum Gasteiger partial charge on any atom is -0.484 e. The molecule has 25 heavy (non-hydrogen) atoms. The Morgan fingerprint density at radius 3 is 2.56 bits per heavy atom. The summed E-state index contributed by atoms with van der Waals surface area (Å²) in [7, 11) is 0. The molecule has 1 aliphatic heterocycles. The lowest BCUT2D eigenvalue weighted by Gasteiger charge is -2.31. The van der Waals surface area contributed by atoms with Crippen molar-refractivity contribution >= 4 is 16.9 Å². The first-order valence-electron chi connectivity index (χ1n) is 8.70. The quantitative estimate of drug-likeness (QED) is 0.795. The van der Waals surface area contributed by atoms with Crippen LogP contribution in [0.25, 0.3) is 11.0 Å². The van der Waals surface area contributed by atoms with Crippen LogP contribution in [0.3, 0.4) is 0 Å². The average Bonchev–Trinajstić information content (AvgIpc) is 3.11. The third-order valence-corrected chi connectivity index (χ3v) is 4.75. The highest BCUT2D eigenvalue weighted by Crippen LogP contribution is 2.27. The van der Waals surface area contributed by atoms with Gasteiger partial charge in [-0.3, -0.25) is 4.79 Å². The molecule has 1 amide bonds. The third kappa shape index (κ3) is 3.50. The first kappa shape index (κ1) is 15.7. The molecule has 0 radical (unpaired) electrons. The van der Waals surface area contributed by atoms with Gasteiger partial charge in [0.25, 0.3) is 5.91 Å². The molecule has 1 fully saturated rings. The second-order valence-electron chi connectivity index (χ2n) is 6.40. The Hall–Kier alpha value is -2.82. The summed E-state index contributed by atoms with van der Waals surface area (Å²) in [4.78, 5) is 22.3. The summed E-state index contributed by atoms with van der Waals surface area (Å²) in [6.45, 7) is 1.59. The molecular weight excluding hydrogens is 314 g/mol. The Labute approximate surface area is 146 Å². The van der Waals surface area contributed by atoms with Crippen molar-refractivity contribution in [3.8, 4) is 5.75 Å². The van der Waals surface area contributed by atoms with Crippen molar-refractivity contribution in [3.05, 3.63) is 60.4 Å². The monoisotopic (exact) mass is 335 g/mol. The number of piperidine rings is 1. The van der Waals surface area contributed by atoms with Gasteiger partial charge in [0, 0.05) is 19.0 Å². The summed E-state index contributed by atoms with van der Waals surface area (Å²) in [6, 6.07) is 17.5. The smallest absolute Gasteiger partial charge is 0.260 e. The van der Waals surface area contributed by atoms with E-state index in [0.29, 0.717) is 5.92 Å². The fourth-order valence-corrected chi connectivity index (χ4v) is 3.32. The number of likely N-dealkylation sites (tertiary alicyclic amines) is 1. The van der Waals surface area contributed by atoms with Gasteiger partial charge < -0.3 is 14.6 Å². The molecule has 0 unspecified atom stereocenters. The van der Waals surface area contributed by atoms with Crippen molar-refractivity contribution in [3.63, 3.8) is 0 Å². The molecule has 0 aliphatic carbocycles. The zero-order valence-corrected chi connectivity index (χ0v) is 14.0. The van der Waals surface area contributed by atoms with Crippen LogP contribution >= 0.6 is 0 Å². The molecule has 0 spiro atoms. The van der Waals surface area contributed by atoms with Crippen LogP contribution in [0.4, 0.5) is 0 Å². The van der Waals surface area contributed by atoms with E-state index >= 15 is 0 Å². The largest absolute Gasteiger partial charge is 0.484 e. The Kier molecular flexibility index (Phi) is 4.37. The van der Waals surface area contributed by atoms with Crippen LogP contribution < -0.4 is 4.74 Å². The molecule has 2 heterocycles. The summed E-state index contributed by atoms with van der Waals surface area (Å²) in [5.41, 5.74) is 2.08. The van der Waals surface area contributed by atoms with E-state index in [1.165, 1.54) is 0 Å². The Bertz CT molecular complexity index is 819. The van der Waals surface area contributed by atoms with Gasteiger partial charge in [-0.05, 0) is 37.1 Å². The number of fused-ring (bicyclic) bond motifs is 1. The fourth-order valence-electron chi connectivity index (χ4n) is 3.32. The minimum atomic E-state index is 0.0481. The topological polar surface area (TPSA) is 58.2 Å². The SMILES string of the molecule is O=C(COc1ccccc1)N1CCC(c2nc3ccccc3[nH]2)CC1. The number of para-hydroxylation sites is 3. The van der Waals surface area contributed by atoms with Crippen LogP contribution in [0.2, 0.25) is 0 Å². The molecule has 1 N–H and O–H groups in total. The molecule has 128 valence electrons. The molecule has 0 atom stereocenters. The number of imidazole rings is 1. The second kappa shape index (κ2) is 6.97. The van der Waals surface area contributed by atoms with Gasteiger partial charge in [0.15, 0.2) is 6.61 Å². The van der Waals surface area contributed by atoms with Crippen molar-refractivity contribution in [1.82, 2.24) is 14.9 Å². The lowest BCUT2D eigenvalue weighted by Crippen LogP contribution is -2.40. The summed E-state index contributed by atoms with van der Waals surface area (Å²) < 4.78 is 5.56. The molecule has 5 nitrogen and oxygen atoms in total. The van der Waals surface area contributed by atoms with E-state index in [0.717, 1.165) is 48.5 Å². The van der Waals surface area contributed by atoms with Gasteiger partial charge >= 0.3 is 0 Å². The highest BCUT2D eigenvalue weighted by Gasteiger charge is 2.25. The first-order chi connectivity index (χ1) is 12.3. The van der Waals surface area contributed by atoms with Gasteiger partial charge in [-0.1, -0.05) is 30.3 Å². The van der Waals surface area contributed by atoms with Gasteiger partial charge in [0.2, 0.25) is 0 Å². The molecular formula is C20H21N3O2. The summed E-state index contributed by atoms with van der Waals surface area (Å²) >= 11 is 0. The Balaban J connectivity index is 1.32. The second-order valence-corrected chi connectivity index (χ2v) is 6.40. The number of H-pyrrole nitrogens is 1. The van der Waals surface area contributed by atoms with Crippen molar-refractivity contribution < 1.29 is 9.53 Å². The van der Waals surface area contributed by atoms with Crippen molar-refractivity contribution in [1.29, 1.82) is 0 Å². The van der Waals surface area contributed by atoms with Crippen molar-refractivity contribution in [2.24, 2.45) is 0 Å². The predicted octanol–water partition coefficient (Wildman–Crippen LogP) is 3.35. The number of rotatable bonds is 4. The zero-order valence-electron chi connectivity index (χ0n) is 14.0. The fraction of sp³-hybridized carbons (Fsp3) is 0.300. The van der Waals surface area contributed by atoms with E-state index < -0.39 is 0 Å². The lowest BCUT2D eigenvalue weighted by molar-refractivity contribution is -0.134. The van der Waals surface area contributed by atoms with Crippen LogP contribution in [0.15, 0.2) is 54.6 Å². The van der Waals surface area contributed by atoms with Crippen molar-refractivity contribution in [2.75, 3.05) is 19.7 Å². The predicted molar refractivity (Wildman–Crippen MR) is 96.6 cm³/mol. The van der Waals surface area contributed by atoms with E-state index in [4.69, 9.17) is 9.72 Å². The highest BCUT2D eigenvalue weighted by molar-refractivity contribution is 5.78. The van der Waals surface area contributed by atoms with Gasteiger partial charge in [-0.15, -0.1) is 0 Å².